The molecular formula is C110H149IN15O12P2S+. The molecule has 0 radical (unpaired) electrons. The number of alkyl halides is 1. The van der Waals surface area contributed by atoms with Gasteiger partial charge < -0.3 is 45.4 Å². The molecule has 2 unspecified atom stereocenters. The third-order valence-corrected chi connectivity index (χ3v) is 29.3. The predicted molar refractivity (Wildman–Crippen MR) is 588 cm³/mol. The molecule has 6 N–H and O–H groups in total. The number of aryl methyl sites for hydroxylation is 5. The molecule has 8 aromatic carbocycles. The summed E-state index contributed by atoms with van der Waals surface area (Å²) in [5, 5.41) is 14.4. The number of nitrogens with two attached hydrogens (primary N) is 1. The number of nitrogens with one attached hydrogen (secondary N) is 3. The highest BCUT2D eigenvalue weighted by Crippen LogP contribution is 2.44. The van der Waals surface area contributed by atoms with Crippen molar-refractivity contribution in [2.45, 2.75) is 315 Å². The van der Waals surface area contributed by atoms with Gasteiger partial charge in [-0.05, 0) is 239 Å². The molecule has 2 aliphatic heterocycles. The van der Waals surface area contributed by atoms with Crippen LogP contribution < -0.4 is 50.5 Å². The number of halogens is 1. The first-order chi connectivity index (χ1) is 68.7. The number of aromatic amines is 1. The smallest absolute Gasteiger partial charge is 0.355 e. The standard InChI is InChI=1S/2C22H27N3O.C17H22N2O3.C15H21N3O.C15H18N2O3.C15H18N2O2.C2H5I.CH4O.CH4.H2P2S/c2*1-2-24-20-10-6-7-11-21(20)25(22(24)26)19-14-12-18(13-15-19)23-16-17-8-4-3-5-9-17;1-2-18-14-5-3-4-6-15(14)19(16(18)20)13-7-9-17(10-8-13)21-11-12-22-17;1-2-17-13-5-3-4-6-14(13)18(15(17)19)12-9-7-11(16)8-10-12;18-14-16-12-3-1-2-4-13(12)17(14)11-5-7-15(8-6-11)19-9-10-20-15;1-2-16-13-5-3-4-6-14(13)17(15(16)19)11-7-9-12(18)10-8-11;1-2-3;1-2;;1-2-3/h2*3-11,18-19,23H,2,12-16H2,1H3;3-6,13H,2,7-12H2,1H3;3-6,11-12H,2,7-10,16H2,1H3;1-4,11H,5-10H2,(H,16,18);3-6,11H,2,7-10H2,1H3;2H2,1H3;2H,1H3;1H4;1H2/p+1/i/hT. The number of aliphatic hydroxyl groups excluding tert-OH is 1. The fourth-order valence-corrected chi connectivity index (χ4v) is 22.4. The van der Waals surface area contributed by atoms with Crippen molar-refractivity contribution in [3.63, 3.8) is 0 Å². The predicted octanol–water partition coefficient (Wildman–Crippen LogP) is 20.4. The van der Waals surface area contributed by atoms with Crippen LogP contribution in [0.5, 0.6) is 0 Å². The van der Waals surface area contributed by atoms with E-state index >= 15 is 0 Å². The van der Waals surface area contributed by atoms with Crippen molar-refractivity contribution in [3.05, 3.63) is 280 Å². The average Bonchev–Trinajstić information content (AvgIpc) is 1.60. The largest absolute Gasteiger partial charge is 0.400 e. The molecule has 22 rings (SSSR count). The molecule has 0 amide bonds. The maximum absolute atomic E-state index is 12.9. The van der Waals surface area contributed by atoms with Gasteiger partial charge in [0.05, 0.1) is 102 Å². The summed E-state index contributed by atoms with van der Waals surface area (Å²) in [5.41, 5.74) is 21.6. The zero-order valence-electron chi connectivity index (χ0n) is 83.5. The van der Waals surface area contributed by atoms with Crippen LogP contribution in [0.15, 0.2) is 235 Å². The second kappa shape index (κ2) is 52.8. The highest BCUT2D eigenvalue weighted by Gasteiger charge is 2.43. The number of rotatable bonds is 17. The number of aromatic nitrogens is 12. The normalized spacial score (nSPS) is 20.6. The number of carbonyl (C=O) groups excluding carboxylic acids is 1. The lowest BCUT2D eigenvalue weighted by Gasteiger charge is -2.35. The second-order valence-electron chi connectivity index (χ2n) is 37.4. The van der Waals surface area contributed by atoms with Gasteiger partial charge in [0.2, 0.25) is 0 Å². The maximum atomic E-state index is 12.9. The van der Waals surface area contributed by atoms with Crippen LogP contribution in [0.2, 0.25) is 0 Å². The zero-order chi connectivity index (χ0) is 99.7. The van der Waals surface area contributed by atoms with Crippen LogP contribution >= 0.6 is 38.5 Å². The molecule has 27 nitrogen and oxygen atoms in total. The molecule has 31 heteroatoms. The molecule has 8 aliphatic rings. The number of benzene rings is 8. The Bertz CT molecular complexity index is 6610. The van der Waals surface area contributed by atoms with Gasteiger partial charge in [0.1, 0.15) is 5.78 Å². The lowest BCUT2D eigenvalue weighted by Crippen LogP contribution is -2.38. The van der Waals surface area contributed by atoms with Crippen LogP contribution in [0.1, 0.15) is 250 Å². The summed E-state index contributed by atoms with van der Waals surface area (Å²) in [6.45, 7) is 19.5. The SMILES string of the molecule is C.CCI.CCn1c(=O)n(C2CCC(=O)CC2)c2ccccc21.CCn1c(=O)n(C2CCC(N)CC2)c2ccccc21.CCn1c(=O)n(C2CCC(NCc3ccccc3)CC2)c2ccccc21.CCn1c(=O)n(C2CCC(NCc3ccccc3)CC2)c2ccccc21.CCn1c(=O)n(C2CCC3(CC2)OCCO3)c2ccccc21.CO.O=c1[nH]c2ccccc2n1C1CCC2(CC1)OCCO2.[3H][P+](P)=S. The number of ether oxygens (including phenoxy) is 4. The maximum Gasteiger partial charge on any atom is 0.355 e. The van der Waals surface area contributed by atoms with Gasteiger partial charge >= 0.3 is 35.4 Å². The number of hydrogen-bond donors (Lipinski definition) is 5. The third kappa shape index (κ3) is 25.5. The first kappa shape index (κ1) is 107. The van der Waals surface area contributed by atoms with Gasteiger partial charge in [0.15, 0.2) is 30.4 Å². The van der Waals surface area contributed by atoms with Crippen molar-refractivity contribution in [3.8, 4) is 0 Å². The number of H-pyrrole nitrogens is 1. The molecule has 6 aromatic heterocycles. The first-order valence-corrected chi connectivity index (χ1v) is 56.0. The van der Waals surface area contributed by atoms with Gasteiger partial charge in [-0.2, -0.15) is 0 Å². The van der Waals surface area contributed by atoms with E-state index in [-0.39, 0.29) is 71.3 Å². The van der Waals surface area contributed by atoms with E-state index in [2.05, 4.69) is 163 Å². The minimum atomic E-state index is -0.870. The summed E-state index contributed by atoms with van der Waals surface area (Å²) in [5.74, 6) is -0.418. The van der Waals surface area contributed by atoms with E-state index in [9.17, 15) is 33.6 Å². The highest BCUT2D eigenvalue weighted by molar-refractivity contribution is 14.1. The Morgan fingerprint density at radius 2 is 0.610 bits per heavy atom. The molecule has 6 saturated carbocycles. The van der Waals surface area contributed by atoms with E-state index in [4.69, 9.17) is 31.1 Å². The summed E-state index contributed by atoms with van der Waals surface area (Å²) in [6, 6.07) is 72.4. The number of Topliss-reactive ketones (excluding diaryl/α,β-unsaturated/α-hetero) is 1. The molecule has 0 bridgehead atoms. The minimum absolute atomic E-state index is 0. The van der Waals surface area contributed by atoms with Crippen LogP contribution in [0.25, 0.3) is 66.2 Å². The molecule has 14 aromatic rings. The summed E-state index contributed by atoms with van der Waals surface area (Å²) in [4.78, 5) is 90.3. The van der Waals surface area contributed by atoms with E-state index in [1.165, 1.54) is 15.6 Å². The Kier molecular flexibility index (Phi) is 40.1. The first-order valence-electron chi connectivity index (χ1n) is 51.4. The van der Waals surface area contributed by atoms with E-state index in [1.807, 2.05) is 194 Å². The second-order valence-corrected chi connectivity index (χ2v) is 41.6. The van der Waals surface area contributed by atoms with Gasteiger partial charge in [-0.3, -0.25) is 55.0 Å². The van der Waals surface area contributed by atoms with Gasteiger partial charge in [-0.15, -0.1) is 0 Å². The van der Waals surface area contributed by atoms with Gasteiger partial charge in [0.25, 0.3) is 0 Å². The molecule has 2 spiro atoms. The van der Waals surface area contributed by atoms with Crippen LogP contribution in [-0.2, 0) is 81.4 Å². The molecule has 6 aliphatic carbocycles. The number of carbonyl (C=O) groups is 1. The molecule has 8 fully saturated rings. The van der Waals surface area contributed by atoms with Crippen molar-refractivity contribution < 1.29 is 28.8 Å². The van der Waals surface area contributed by atoms with E-state index in [0.717, 1.165) is 247 Å². The summed E-state index contributed by atoms with van der Waals surface area (Å²) in [7, 11) is 3.20. The van der Waals surface area contributed by atoms with Crippen LogP contribution in [0.4, 0.5) is 0 Å². The molecule has 2 saturated heterocycles. The Morgan fingerprint density at radius 1 is 0.376 bits per heavy atom. The lowest BCUT2D eigenvalue weighted by atomic mass is 9.90. The van der Waals surface area contributed by atoms with Crippen LogP contribution in [0, 0.1) is 0 Å². The number of fused-ring (bicyclic) bond motifs is 6. The molecule has 758 valence electrons. The topological polar surface area (TPSA) is 297 Å². The summed E-state index contributed by atoms with van der Waals surface area (Å²) < 4.78 is 51.9. The summed E-state index contributed by atoms with van der Waals surface area (Å²) in [6.07, 6.45) is 22.7. The Hall–Kier alpha value is -9.59. The quantitative estimate of drug-likeness (QED) is 0.0321. The van der Waals surface area contributed by atoms with Crippen LogP contribution in [-0.4, -0.2) is 135 Å². The Labute approximate surface area is 851 Å². The molecule has 8 heterocycles. The average molecular weight is 2100 g/mol. The number of hydrogen-bond acceptors (Lipinski definition) is 16. The van der Waals surface area contributed by atoms with Crippen molar-refractivity contribution in [1.82, 2.24) is 65.9 Å². The minimum Gasteiger partial charge on any atom is -0.400 e. The number of imidazole rings is 6. The zero-order valence-corrected chi connectivity index (χ0v) is 87.6. The van der Waals surface area contributed by atoms with E-state index < -0.39 is 6.99 Å². The highest BCUT2D eigenvalue weighted by atomic mass is 127. The molecular weight excluding hydrogens is 1940 g/mol. The van der Waals surface area contributed by atoms with Gasteiger partial charge in [0, 0.05) is 146 Å². The van der Waals surface area contributed by atoms with E-state index in [0.29, 0.717) is 94.4 Å². The molecule has 2 atom stereocenters. The Morgan fingerprint density at radius 3 is 0.894 bits per heavy atom. The number of nitrogens with zero attached hydrogens (tertiary/aromatic N) is 11. The van der Waals surface area contributed by atoms with Gasteiger partial charge in [-0.25, -0.2) is 28.8 Å². The van der Waals surface area contributed by atoms with Crippen molar-refractivity contribution in [1.29, 1.82) is 1.28 Å². The lowest BCUT2D eigenvalue weighted by molar-refractivity contribution is -0.181. The fourth-order valence-electron chi connectivity index (χ4n) is 22.4. The fraction of sp³-hybridized carbons (Fsp3) is 0.500. The van der Waals surface area contributed by atoms with Gasteiger partial charge in [-0.1, -0.05) is 170 Å². The Balaban J connectivity index is 0.000000141. The van der Waals surface area contributed by atoms with Crippen molar-refractivity contribution in [2.24, 2.45) is 5.73 Å². The number of para-hydroxylation sites is 12. The number of ketones is 1. The van der Waals surface area contributed by atoms with Crippen molar-refractivity contribution in [2.75, 3.05) is 38.0 Å². The third-order valence-electron chi connectivity index (χ3n) is 29.3. The van der Waals surface area contributed by atoms with E-state index in [1.54, 1.807) is 0 Å². The monoisotopic (exact) mass is 2090 g/mol. The molecule has 141 heavy (non-hydrogen) atoms. The van der Waals surface area contributed by atoms with Crippen LogP contribution in [0.3, 0.4) is 0 Å². The summed E-state index contributed by atoms with van der Waals surface area (Å²) >= 11 is 6.60. The number of aliphatic hydroxyl groups is 1. The van der Waals surface area contributed by atoms with Crippen molar-refractivity contribution >= 4 is 122 Å².